The van der Waals surface area contributed by atoms with E-state index in [0.29, 0.717) is 4.67 Å². The lowest BCUT2D eigenvalue weighted by Crippen LogP contribution is -1.87. The van der Waals surface area contributed by atoms with Crippen LogP contribution in [0.2, 0.25) is 0 Å². The first-order chi connectivity index (χ1) is 5.24. The van der Waals surface area contributed by atoms with Gasteiger partial charge in [-0.05, 0) is 26.6 Å². The molecular formula is C5H2BrN3O2. The van der Waals surface area contributed by atoms with Gasteiger partial charge in [-0.3, -0.25) is 4.79 Å². The third kappa shape index (κ3) is 1.83. The van der Waals surface area contributed by atoms with Crippen molar-refractivity contribution in [2.24, 2.45) is 5.11 Å². The molecule has 0 aliphatic heterocycles. The lowest BCUT2D eigenvalue weighted by atomic mass is 10.3. The lowest BCUT2D eigenvalue weighted by Gasteiger charge is -1.79. The highest BCUT2D eigenvalue weighted by Crippen LogP contribution is 2.14. The summed E-state index contributed by atoms with van der Waals surface area (Å²) < 4.78 is 5.17. The maximum atomic E-state index is 10.8. The molecule has 56 valence electrons. The van der Waals surface area contributed by atoms with Crippen LogP contribution in [0.4, 0.5) is 0 Å². The minimum Gasteiger partial charge on any atom is -0.457 e. The van der Waals surface area contributed by atoms with Crippen LogP contribution in [0.5, 0.6) is 0 Å². The van der Waals surface area contributed by atoms with Crippen LogP contribution in [0.25, 0.3) is 10.4 Å². The van der Waals surface area contributed by atoms with Gasteiger partial charge in [-0.25, -0.2) is 0 Å². The van der Waals surface area contributed by atoms with Crippen molar-refractivity contribution in [2.45, 2.75) is 0 Å². The molecule has 1 aromatic heterocycles. The fraction of sp³-hybridized carbons (Fsp3) is 0. The molecule has 0 atom stereocenters. The first-order valence-electron chi connectivity index (χ1n) is 2.57. The molecule has 1 aromatic rings. The average Bonchev–Trinajstić information content (AvgIpc) is 2.36. The molecule has 1 heterocycles. The van der Waals surface area contributed by atoms with Crippen molar-refractivity contribution >= 4 is 21.8 Å². The van der Waals surface area contributed by atoms with Crippen molar-refractivity contribution in [3.8, 4) is 0 Å². The Kier molecular flexibility index (Phi) is 2.30. The number of hydrogen-bond donors (Lipinski definition) is 0. The summed E-state index contributed by atoms with van der Waals surface area (Å²) in [5.41, 5.74) is 8.13. The fourth-order valence-corrected chi connectivity index (χ4v) is 0.861. The second kappa shape index (κ2) is 3.23. The van der Waals surface area contributed by atoms with E-state index >= 15 is 0 Å². The van der Waals surface area contributed by atoms with E-state index in [1.165, 1.54) is 12.3 Å². The van der Waals surface area contributed by atoms with E-state index < -0.39 is 5.91 Å². The SMILES string of the molecule is [N-]=[N+]=NC(=O)c1coc(Br)c1. The van der Waals surface area contributed by atoms with Crippen molar-refractivity contribution in [1.82, 2.24) is 0 Å². The lowest BCUT2D eigenvalue weighted by molar-refractivity contribution is 0.1000. The zero-order valence-corrected chi connectivity index (χ0v) is 6.78. The summed E-state index contributed by atoms with van der Waals surface area (Å²) in [4.78, 5) is 13.1. The van der Waals surface area contributed by atoms with Crippen molar-refractivity contribution in [3.05, 3.63) is 33.0 Å². The van der Waals surface area contributed by atoms with Gasteiger partial charge in [0.25, 0.3) is 5.91 Å². The summed E-state index contributed by atoms with van der Waals surface area (Å²) >= 11 is 3.00. The monoisotopic (exact) mass is 215 g/mol. The largest absolute Gasteiger partial charge is 0.457 e. The molecule has 1 amide bonds. The maximum absolute atomic E-state index is 10.8. The molecule has 6 heteroatoms. The van der Waals surface area contributed by atoms with Crippen LogP contribution in [0.3, 0.4) is 0 Å². The first-order valence-corrected chi connectivity index (χ1v) is 3.37. The number of carbonyl (C=O) groups excluding carboxylic acids is 1. The summed E-state index contributed by atoms with van der Waals surface area (Å²) in [6.07, 6.45) is 1.21. The van der Waals surface area contributed by atoms with Crippen molar-refractivity contribution < 1.29 is 9.21 Å². The Bertz CT molecular complexity index is 326. The van der Waals surface area contributed by atoms with Crippen molar-refractivity contribution in [2.75, 3.05) is 0 Å². The molecule has 0 aromatic carbocycles. The average molecular weight is 216 g/mol. The molecule has 0 spiro atoms. The molecule has 1 rings (SSSR count). The molecule has 0 saturated heterocycles. The van der Waals surface area contributed by atoms with E-state index in [1.54, 1.807) is 0 Å². The molecule has 0 saturated carbocycles. The van der Waals surface area contributed by atoms with Gasteiger partial charge < -0.3 is 4.42 Å². The summed E-state index contributed by atoms with van der Waals surface area (Å²) in [5, 5.41) is 2.87. The third-order valence-corrected chi connectivity index (χ3v) is 1.37. The Morgan fingerprint density at radius 3 is 3.00 bits per heavy atom. The zero-order valence-electron chi connectivity index (χ0n) is 5.19. The van der Waals surface area contributed by atoms with Crippen LogP contribution in [-0.2, 0) is 0 Å². The Morgan fingerprint density at radius 1 is 1.82 bits per heavy atom. The highest BCUT2D eigenvalue weighted by atomic mass is 79.9. The van der Waals surface area contributed by atoms with Crippen LogP contribution in [-0.4, -0.2) is 5.91 Å². The molecule has 11 heavy (non-hydrogen) atoms. The predicted molar refractivity (Wildman–Crippen MR) is 39.9 cm³/mol. The minimum atomic E-state index is -0.651. The minimum absolute atomic E-state index is 0.231. The van der Waals surface area contributed by atoms with E-state index in [4.69, 9.17) is 9.95 Å². The second-order valence-electron chi connectivity index (χ2n) is 1.63. The zero-order chi connectivity index (χ0) is 8.27. The summed E-state index contributed by atoms with van der Waals surface area (Å²) in [5.74, 6) is -0.651. The Morgan fingerprint density at radius 2 is 2.55 bits per heavy atom. The summed E-state index contributed by atoms with van der Waals surface area (Å²) in [6.45, 7) is 0. The van der Waals surface area contributed by atoms with Crippen molar-refractivity contribution in [3.63, 3.8) is 0 Å². The number of hydrogen-bond acceptors (Lipinski definition) is 2. The topological polar surface area (TPSA) is 79.0 Å². The fourth-order valence-electron chi connectivity index (χ4n) is 0.521. The number of azide groups is 1. The van der Waals surface area contributed by atoms with Crippen LogP contribution >= 0.6 is 15.9 Å². The van der Waals surface area contributed by atoms with Crippen LogP contribution in [0, 0.1) is 0 Å². The Balaban J connectivity index is 2.93. The van der Waals surface area contributed by atoms with Crippen LogP contribution < -0.4 is 0 Å². The van der Waals surface area contributed by atoms with E-state index in [9.17, 15) is 4.79 Å². The van der Waals surface area contributed by atoms with Crippen molar-refractivity contribution in [1.29, 1.82) is 0 Å². The number of halogens is 1. The van der Waals surface area contributed by atoms with Gasteiger partial charge in [-0.15, -0.1) is 0 Å². The molecular weight excluding hydrogens is 214 g/mol. The van der Waals surface area contributed by atoms with Gasteiger partial charge in [-0.1, -0.05) is 0 Å². The highest BCUT2D eigenvalue weighted by molar-refractivity contribution is 9.10. The quantitative estimate of drug-likeness (QED) is 0.410. The Labute approximate surface area is 69.8 Å². The molecule has 0 fully saturated rings. The van der Waals surface area contributed by atoms with E-state index in [-0.39, 0.29) is 5.56 Å². The molecule has 0 unspecified atom stereocenters. The molecule has 0 bridgehead atoms. The van der Waals surface area contributed by atoms with Crippen LogP contribution in [0.1, 0.15) is 10.4 Å². The molecule has 0 radical (unpaired) electrons. The number of nitrogens with zero attached hydrogens (tertiary/aromatic N) is 3. The highest BCUT2D eigenvalue weighted by Gasteiger charge is 2.05. The molecule has 0 aliphatic rings. The van der Waals surface area contributed by atoms with E-state index in [1.807, 2.05) is 0 Å². The summed E-state index contributed by atoms with van der Waals surface area (Å²) in [7, 11) is 0. The van der Waals surface area contributed by atoms with Crippen LogP contribution in [0.15, 0.2) is 26.5 Å². The normalized spacial score (nSPS) is 8.82. The number of furan rings is 1. The van der Waals surface area contributed by atoms with E-state index in [0.717, 1.165) is 0 Å². The Hall–Kier alpha value is -1.26. The second-order valence-corrected chi connectivity index (χ2v) is 2.42. The first kappa shape index (κ1) is 7.84. The predicted octanol–water partition coefficient (Wildman–Crippen LogP) is 2.49. The maximum Gasteiger partial charge on any atom is 0.252 e. The van der Waals surface area contributed by atoms with E-state index in [2.05, 4.69) is 26.0 Å². The van der Waals surface area contributed by atoms with Gasteiger partial charge in [-0.2, -0.15) is 0 Å². The van der Waals surface area contributed by atoms with Gasteiger partial charge in [0.2, 0.25) is 0 Å². The molecule has 0 aliphatic carbocycles. The standard InChI is InChI=1S/C5H2BrN3O2/c6-4-1-3(2-11-4)5(10)8-9-7/h1-2H. The van der Waals surface area contributed by atoms with Gasteiger partial charge in [0.15, 0.2) is 4.67 Å². The van der Waals surface area contributed by atoms with Gasteiger partial charge in [0, 0.05) is 11.0 Å². The number of amides is 1. The van der Waals surface area contributed by atoms with Gasteiger partial charge in [0.1, 0.15) is 6.26 Å². The summed E-state index contributed by atoms with van der Waals surface area (Å²) in [6, 6.07) is 1.43. The number of rotatable bonds is 1. The molecule has 5 nitrogen and oxygen atoms in total. The molecule has 0 N–H and O–H groups in total. The third-order valence-electron chi connectivity index (χ3n) is 0.950. The smallest absolute Gasteiger partial charge is 0.252 e. The van der Waals surface area contributed by atoms with Gasteiger partial charge >= 0.3 is 0 Å². The van der Waals surface area contributed by atoms with Gasteiger partial charge in [0.05, 0.1) is 5.56 Å². The number of carbonyl (C=O) groups is 1.